The molecule has 0 fully saturated rings. The Morgan fingerprint density at radius 3 is 2.52 bits per heavy atom. The van der Waals surface area contributed by atoms with Gasteiger partial charge < -0.3 is 5.73 Å². The summed E-state index contributed by atoms with van der Waals surface area (Å²) >= 11 is 0. The summed E-state index contributed by atoms with van der Waals surface area (Å²) in [6.07, 6.45) is 3.39. The van der Waals surface area contributed by atoms with Gasteiger partial charge in [-0.3, -0.25) is 0 Å². The third-order valence-electron chi connectivity index (χ3n) is 3.15. The van der Waals surface area contributed by atoms with Crippen molar-refractivity contribution in [2.45, 2.75) is 0 Å². The van der Waals surface area contributed by atoms with E-state index in [1.165, 1.54) is 16.8 Å². The van der Waals surface area contributed by atoms with Crippen molar-refractivity contribution in [3.63, 3.8) is 0 Å². The maximum absolute atomic E-state index is 14.0. The summed E-state index contributed by atoms with van der Waals surface area (Å²) in [6, 6.07) is 13.6. The first-order valence-corrected chi connectivity index (χ1v) is 6.28. The Labute approximate surface area is 120 Å². The van der Waals surface area contributed by atoms with E-state index in [0.29, 0.717) is 11.4 Å². The highest BCUT2D eigenvalue weighted by Gasteiger charge is 2.08. The van der Waals surface area contributed by atoms with Gasteiger partial charge in [-0.1, -0.05) is 12.1 Å². The molecule has 0 saturated carbocycles. The fraction of sp³-hybridized carbons (Fsp3) is 0. The molecule has 0 radical (unpaired) electrons. The molecule has 0 atom stereocenters. The van der Waals surface area contributed by atoms with E-state index in [9.17, 15) is 4.39 Å². The highest BCUT2D eigenvalue weighted by Crippen LogP contribution is 2.22. The van der Waals surface area contributed by atoms with Crippen LogP contribution >= 0.6 is 0 Å². The molecule has 102 valence electrons. The van der Waals surface area contributed by atoms with E-state index in [4.69, 9.17) is 11.0 Å². The number of aromatic nitrogens is 2. The van der Waals surface area contributed by atoms with E-state index in [2.05, 4.69) is 5.10 Å². The van der Waals surface area contributed by atoms with E-state index >= 15 is 0 Å². The van der Waals surface area contributed by atoms with E-state index < -0.39 is 5.82 Å². The summed E-state index contributed by atoms with van der Waals surface area (Å²) in [6.45, 7) is 0. The van der Waals surface area contributed by atoms with Gasteiger partial charge in [-0.05, 0) is 35.9 Å². The second-order valence-corrected chi connectivity index (χ2v) is 4.57. The Morgan fingerprint density at radius 1 is 1.10 bits per heavy atom. The van der Waals surface area contributed by atoms with Gasteiger partial charge in [0.05, 0.1) is 17.8 Å². The number of hydrogen-bond acceptors (Lipinski definition) is 3. The molecule has 3 aromatic rings. The minimum Gasteiger partial charge on any atom is -0.399 e. The van der Waals surface area contributed by atoms with Crippen molar-refractivity contribution in [3.8, 4) is 22.9 Å². The van der Waals surface area contributed by atoms with Gasteiger partial charge in [0.1, 0.15) is 11.5 Å². The molecule has 0 amide bonds. The van der Waals surface area contributed by atoms with Crippen LogP contribution in [0.2, 0.25) is 0 Å². The molecule has 0 unspecified atom stereocenters. The highest BCUT2D eigenvalue weighted by molar-refractivity contribution is 5.64. The van der Waals surface area contributed by atoms with Crippen molar-refractivity contribution >= 4 is 5.69 Å². The summed E-state index contributed by atoms with van der Waals surface area (Å²) < 4.78 is 15.4. The fourth-order valence-corrected chi connectivity index (χ4v) is 2.04. The van der Waals surface area contributed by atoms with Crippen LogP contribution in [0.25, 0.3) is 16.8 Å². The lowest BCUT2D eigenvalue weighted by Gasteiger charge is -2.03. The van der Waals surface area contributed by atoms with Gasteiger partial charge in [-0.15, -0.1) is 0 Å². The fourth-order valence-electron chi connectivity index (χ4n) is 2.04. The van der Waals surface area contributed by atoms with Crippen LogP contribution < -0.4 is 5.73 Å². The largest absolute Gasteiger partial charge is 0.399 e. The molecule has 5 heteroatoms. The Kier molecular flexibility index (Phi) is 3.13. The number of benzene rings is 2. The van der Waals surface area contributed by atoms with Gasteiger partial charge in [0.15, 0.2) is 0 Å². The van der Waals surface area contributed by atoms with Crippen molar-refractivity contribution in [3.05, 3.63) is 66.2 Å². The third kappa shape index (κ3) is 2.47. The maximum atomic E-state index is 14.0. The van der Waals surface area contributed by atoms with Crippen LogP contribution in [0, 0.1) is 17.1 Å². The summed E-state index contributed by atoms with van der Waals surface area (Å²) in [5.74, 6) is -0.485. The van der Waals surface area contributed by atoms with Gasteiger partial charge in [-0.2, -0.15) is 10.4 Å². The minimum atomic E-state index is -0.485. The number of halogens is 1. The van der Waals surface area contributed by atoms with Crippen molar-refractivity contribution in [2.24, 2.45) is 0 Å². The molecular weight excluding hydrogens is 267 g/mol. The molecule has 0 spiro atoms. The molecule has 0 aliphatic carbocycles. The molecule has 2 aromatic carbocycles. The second kappa shape index (κ2) is 5.10. The standard InChI is InChI=1S/C16H11FN4/c17-15-7-11(8-18)1-6-16(15)21-10-13(9-20-21)12-2-4-14(19)5-3-12/h1-7,9-10H,19H2. The number of nitriles is 1. The molecule has 0 saturated heterocycles. The normalized spacial score (nSPS) is 10.3. The number of hydrogen-bond donors (Lipinski definition) is 1. The topological polar surface area (TPSA) is 67.6 Å². The predicted octanol–water partition coefficient (Wildman–Crippen LogP) is 3.13. The Balaban J connectivity index is 1.99. The van der Waals surface area contributed by atoms with E-state index in [1.807, 2.05) is 18.2 Å². The molecule has 0 aliphatic heterocycles. The zero-order chi connectivity index (χ0) is 14.8. The smallest absolute Gasteiger partial charge is 0.150 e. The second-order valence-electron chi connectivity index (χ2n) is 4.57. The number of rotatable bonds is 2. The number of nitrogens with two attached hydrogens (primary N) is 1. The average molecular weight is 278 g/mol. The molecule has 1 heterocycles. The zero-order valence-corrected chi connectivity index (χ0v) is 11.0. The molecular formula is C16H11FN4. The molecule has 21 heavy (non-hydrogen) atoms. The average Bonchev–Trinajstić information content (AvgIpc) is 2.97. The Morgan fingerprint density at radius 2 is 1.86 bits per heavy atom. The lowest BCUT2D eigenvalue weighted by atomic mass is 10.1. The maximum Gasteiger partial charge on any atom is 0.150 e. The van der Waals surface area contributed by atoms with Crippen LogP contribution in [0.4, 0.5) is 10.1 Å². The molecule has 4 nitrogen and oxygen atoms in total. The van der Waals surface area contributed by atoms with E-state index in [1.54, 1.807) is 30.6 Å². The highest BCUT2D eigenvalue weighted by atomic mass is 19.1. The molecule has 3 rings (SSSR count). The van der Waals surface area contributed by atoms with Crippen molar-refractivity contribution < 1.29 is 4.39 Å². The molecule has 0 aliphatic rings. The van der Waals surface area contributed by atoms with Crippen LogP contribution in [0.1, 0.15) is 5.56 Å². The van der Waals surface area contributed by atoms with E-state index in [0.717, 1.165) is 11.1 Å². The quantitative estimate of drug-likeness (QED) is 0.732. The van der Waals surface area contributed by atoms with Gasteiger partial charge in [-0.25, -0.2) is 9.07 Å². The van der Waals surface area contributed by atoms with Crippen molar-refractivity contribution in [1.29, 1.82) is 5.26 Å². The van der Waals surface area contributed by atoms with Crippen LogP contribution in [0.3, 0.4) is 0 Å². The SMILES string of the molecule is N#Cc1ccc(-n2cc(-c3ccc(N)cc3)cn2)c(F)c1. The molecule has 0 bridgehead atoms. The first-order chi connectivity index (χ1) is 10.2. The van der Waals surface area contributed by atoms with Gasteiger partial charge in [0.25, 0.3) is 0 Å². The van der Waals surface area contributed by atoms with Gasteiger partial charge >= 0.3 is 0 Å². The lowest BCUT2D eigenvalue weighted by Crippen LogP contribution is -1.98. The first-order valence-electron chi connectivity index (χ1n) is 6.28. The van der Waals surface area contributed by atoms with Gasteiger partial charge in [0.2, 0.25) is 0 Å². The first kappa shape index (κ1) is 12.9. The summed E-state index contributed by atoms with van der Waals surface area (Å²) in [5, 5.41) is 12.9. The predicted molar refractivity (Wildman–Crippen MR) is 78.1 cm³/mol. The van der Waals surface area contributed by atoms with Crippen LogP contribution in [-0.2, 0) is 0 Å². The summed E-state index contributed by atoms with van der Waals surface area (Å²) in [7, 11) is 0. The van der Waals surface area contributed by atoms with Crippen LogP contribution in [0.5, 0.6) is 0 Å². The van der Waals surface area contributed by atoms with E-state index in [-0.39, 0.29) is 5.56 Å². The zero-order valence-electron chi connectivity index (χ0n) is 11.0. The molecule has 2 N–H and O–H groups in total. The van der Waals surface area contributed by atoms with Gasteiger partial charge in [0, 0.05) is 17.4 Å². The summed E-state index contributed by atoms with van der Waals surface area (Å²) in [4.78, 5) is 0. The summed E-state index contributed by atoms with van der Waals surface area (Å²) in [5.41, 5.74) is 8.73. The number of nitrogens with zero attached hydrogens (tertiary/aromatic N) is 3. The lowest BCUT2D eigenvalue weighted by molar-refractivity contribution is 0.610. The monoisotopic (exact) mass is 278 g/mol. The Hall–Kier alpha value is -3.13. The van der Waals surface area contributed by atoms with Crippen LogP contribution in [-0.4, -0.2) is 9.78 Å². The Bertz CT molecular complexity index is 828. The van der Waals surface area contributed by atoms with Crippen molar-refractivity contribution in [1.82, 2.24) is 9.78 Å². The number of anilines is 1. The number of nitrogen functional groups attached to an aromatic ring is 1. The molecule has 1 aromatic heterocycles. The minimum absolute atomic E-state index is 0.280. The van der Waals surface area contributed by atoms with Crippen LogP contribution in [0.15, 0.2) is 54.9 Å². The van der Waals surface area contributed by atoms with Crippen molar-refractivity contribution in [2.75, 3.05) is 5.73 Å². The third-order valence-corrected chi connectivity index (χ3v) is 3.15.